The molecule has 1 aromatic heterocycles. The van der Waals surface area contributed by atoms with Crippen molar-refractivity contribution in [2.45, 2.75) is 32.8 Å². The van der Waals surface area contributed by atoms with Crippen LogP contribution in [-0.2, 0) is 11.2 Å². The lowest BCUT2D eigenvalue weighted by Crippen LogP contribution is -2.35. The summed E-state index contributed by atoms with van der Waals surface area (Å²) in [6.07, 6.45) is 1.80. The molecule has 8 heteroatoms. The Morgan fingerprint density at radius 2 is 2.12 bits per heavy atom. The van der Waals surface area contributed by atoms with Gasteiger partial charge in [0, 0.05) is 24.5 Å². The number of nitrogens with one attached hydrogen (secondary N) is 1. The number of hydrogen-bond donors (Lipinski definition) is 1. The molecule has 136 valence electrons. The number of ether oxygens (including phenoxy) is 1. The SMILES string of the molecule is CC(C)(C)OC(=O)N1CCc2cc(Nc3ncccc3[N+](=O)[O-])ccc21. The van der Waals surface area contributed by atoms with E-state index in [9.17, 15) is 14.9 Å². The standard InChI is InChI=1S/C18H20N4O4/c1-18(2,3)26-17(23)21-10-8-12-11-13(6-7-14(12)21)20-16-15(22(24)25)5-4-9-19-16/h4-7,9,11H,8,10H2,1-3H3,(H,19,20). The molecule has 0 unspecified atom stereocenters. The van der Waals surface area contributed by atoms with Crippen molar-refractivity contribution in [1.82, 2.24) is 4.98 Å². The van der Waals surface area contributed by atoms with Crippen molar-refractivity contribution in [2.24, 2.45) is 0 Å². The van der Waals surface area contributed by atoms with Gasteiger partial charge in [-0.2, -0.15) is 0 Å². The highest BCUT2D eigenvalue weighted by atomic mass is 16.6. The lowest BCUT2D eigenvalue weighted by molar-refractivity contribution is -0.384. The number of carbonyl (C=O) groups excluding carboxylic acids is 1. The van der Waals surface area contributed by atoms with Crippen molar-refractivity contribution >= 4 is 29.0 Å². The van der Waals surface area contributed by atoms with Crippen LogP contribution < -0.4 is 10.2 Å². The highest BCUT2D eigenvalue weighted by molar-refractivity contribution is 5.91. The van der Waals surface area contributed by atoms with E-state index in [1.54, 1.807) is 11.0 Å². The predicted octanol–water partition coefficient (Wildman–Crippen LogP) is 4.03. The lowest BCUT2D eigenvalue weighted by Gasteiger charge is -2.24. The van der Waals surface area contributed by atoms with Gasteiger partial charge in [-0.3, -0.25) is 15.0 Å². The molecule has 0 saturated heterocycles. The van der Waals surface area contributed by atoms with Gasteiger partial charge in [0.2, 0.25) is 5.82 Å². The van der Waals surface area contributed by atoms with Crippen LogP contribution in [0.4, 0.5) is 27.7 Å². The summed E-state index contributed by atoms with van der Waals surface area (Å²) in [6, 6.07) is 8.36. The van der Waals surface area contributed by atoms with Gasteiger partial charge in [0.15, 0.2) is 0 Å². The summed E-state index contributed by atoms with van der Waals surface area (Å²) in [5, 5.41) is 14.1. The van der Waals surface area contributed by atoms with Gasteiger partial charge in [-0.25, -0.2) is 9.78 Å². The van der Waals surface area contributed by atoms with Crippen molar-refractivity contribution in [3.63, 3.8) is 0 Å². The van der Waals surface area contributed by atoms with Crippen LogP contribution in [0.1, 0.15) is 26.3 Å². The minimum absolute atomic E-state index is 0.0941. The van der Waals surface area contributed by atoms with Gasteiger partial charge in [-0.1, -0.05) is 0 Å². The number of rotatable bonds is 3. The minimum Gasteiger partial charge on any atom is -0.443 e. The fourth-order valence-electron chi connectivity index (χ4n) is 2.76. The molecule has 2 aromatic rings. The first-order chi connectivity index (χ1) is 12.2. The smallest absolute Gasteiger partial charge is 0.414 e. The topological polar surface area (TPSA) is 97.6 Å². The van der Waals surface area contributed by atoms with Gasteiger partial charge < -0.3 is 10.1 Å². The summed E-state index contributed by atoms with van der Waals surface area (Å²) in [5.41, 5.74) is 1.79. The number of nitro groups is 1. The molecule has 0 bridgehead atoms. The summed E-state index contributed by atoms with van der Waals surface area (Å²) in [5.74, 6) is 0.180. The van der Waals surface area contributed by atoms with E-state index in [0.717, 1.165) is 11.3 Å². The van der Waals surface area contributed by atoms with Crippen LogP contribution in [0.5, 0.6) is 0 Å². The molecule has 0 aliphatic carbocycles. The third kappa shape index (κ3) is 3.74. The molecule has 8 nitrogen and oxygen atoms in total. The Labute approximate surface area is 150 Å². The number of pyridine rings is 1. The number of fused-ring (bicyclic) bond motifs is 1. The Balaban J connectivity index is 1.81. The predicted molar refractivity (Wildman–Crippen MR) is 97.9 cm³/mol. The van der Waals surface area contributed by atoms with E-state index in [4.69, 9.17) is 4.74 Å². The molecule has 1 aliphatic rings. The molecular weight excluding hydrogens is 336 g/mol. The summed E-state index contributed by atoms with van der Waals surface area (Å²) in [7, 11) is 0. The van der Waals surface area contributed by atoms with Crippen molar-refractivity contribution in [2.75, 3.05) is 16.8 Å². The van der Waals surface area contributed by atoms with E-state index in [1.165, 1.54) is 18.3 Å². The molecule has 1 aromatic carbocycles. The molecule has 3 rings (SSSR count). The second-order valence-corrected chi connectivity index (χ2v) is 6.98. The van der Waals surface area contributed by atoms with E-state index in [-0.39, 0.29) is 17.6 Å². The third-order valence-electron chi connectivity index (χ3n) is 3.83. The zero-order valence-electron chi connectivity index (χ0n) is 14.9. The van der Waals surface area contributed by atoms with Crippen LogP contribution in [0.25, 0.3) is 0 Å². The number of aromatic nitrogens is 1. The first kappa shape index (κ1) is 17.7. The largest absolute Gasteiger partial charge is 0.443 e. The summed E-state index contributed by atoms with van der Waals surface area (Å²) < 4.78 is 5.43. The van der Waals surface area contributed by atoms with Crippen molar-refractivity contribution < 1.29 is 14.5 Å². The molecule has 0 saturated carbocycles. The highest BCUT2D eigenvalue weighted by Crippen LogP contribution is 2.33. The lowest BCUT2D eigenvalue weighted by atomic mass is 10.1. The molecule has 0 fully saturated rings. The van der Waals surface area contributed by atoms with E-state index in [1.807, 2.05) is 32.9 Å². The molecular formula is C18H20N4O4. The van der Waals surface area contributed by atoms with Gasteiger partial charge >= 0.3 is 11.8 Å². The summed E-state index contributed by atoms with van der Waals surface area (Å²) >= 11 is 0. The normalized spacial score (nSPS) is 13.3. The monoisotopic (exact) mass is 356 g/mol. The Morgan fingerprint density at radius 1 is 1.35 bits per heavy atom. The summed E-state index contributed by atoms with van der Waals surface area (Å²) in [6.45, 7) is 6.02. The van der Waals surface area contributed by atoms with Crippen molar-refractivity contribution in [3.05, 3.63) is 52.2 Å². The maximum Gasteiger partial charge on any atom is 0.414 e. The minimum atomic E-state index is -0.556. The molecule has 2 heterocycles. The summed E-state index contributed by atoms with van der Waals surface area (Å²) in [4.78, 5) is 28.6. The molecule has 0 spiro atoms. The number of benzene rings is 1. The number of nitrogens with zero attached hydrogens (tertiary/aromatic N) is 3. The number of anilines is 3. The van der Waals surface area contributed by atoms with Gasteiger partial charge in [0.05, 0.1) is 10.6 Å². The van der Waals surface area contributed by atoms with Crippen molar-refractivity contribution in [3.8, 4) is 0 Å². The van der Waals surface area contributed by atoms with Gasteiger partial charge in [-0.15, -0.1) is 0 Å². The molecule has 1 aliphatic heterocycles. The Bertz CT molecular complexity index is 861. The van der Waals surface area contributed by atoms with Crippen LogP contribution in [0, 0.1) is 10.1 Å². The zero-order valence-corrected chi connectivity index (χ0v) is 14.9. The van der Waals surface area contributed by atoms with Crippen molar-refractivity contribution in [1.29, 1.82) is 0 Å². The highest BCUT2D eigenvalue weighted by Gasteiger charge is 2.29. The van der Waals surface area contributed by atoms with E-state index in [0.29, 0.717) is 18.7 Å². The number of hydrogen-bond acceptors (Lipinski definition) is 6. The molecule has 1 N–H and O–H groups in total. The van der Waals surface area contributed by atoms with Crippen LogP contribution >= 0.6 is 0 Å². The number of carbonyl (C=O) groups is 1. The van der Waals surface area contributed by atoms with E-state index < -0.39 is 10.5 Å². The fourth-order valence-corrected chi connectivity index (χ4v) is 2.76. The Hall–Kier alpha value is -3.16. The molecule has 0 atom stereocenters. The Kier molecular flexibility index (Phi) is 4.50. The zero-order chi connectivity index (χ0) is 18.9. The molecule has 26 heavy (non-hydrogen) atoms. The Morgan fingerprint density at radius 3 is 2.81 bits per heavy atom. The quantitative estimate of drug-likeness (QED) is 0.658. The van der Waals surface area contributed by atoms with Gasteiger partial charge in [0.25, 0.3) is 0 Å². The van der Waals surface area contributed by atoms with E-state index >= 15 is 0 Å². The maximum atomic E-state index is 12.3. The van der Waals surface area contributed by atoms with Crippen LogP contribution in [0.15, 0.2) is 36.5 Å². The van der Waals surface area contributed by atoms with Crippen LogP contribution in [0.2, 0.25) is 0 Å². The second kappa shape index (κ2) is 6.62. The fraction of sp³-hybridized carbons (Fsp3) is 0.333. The van der Waals surface area contributed by atoms with Gasteiger partial charge in [0.1, 0.15) is 5.60 Å². The average Bonchev–Trinajstić information content (AvgIpc) is 2.97. The second-order valence-electron chi connectivity index (χ2n) is 6.98. The first-order valence-corrected chi connectivity index (χ1v) is 8.24. The van der Waals surface area contributed by atoms with E-state index in [2.05, 4.69) is 10.3 Å². The van der Waals surface area contributed by atoms with Crippen LogP contribution in [-0.4, -0.2) is 28.1 Å². The molecule has 0 radical (unpaired) electrons. The van der Waals surface area contributed by atoms with Gasteiger partial charge in [-0.05, 0) is 57.0 Å². The average molecular weight is 356 g/mol. The molecule has 1 amide bonds. The number of amides is 1. The third-order valence-corrected chi connectivity index (χ3v) is 3.83. The first-order valence-electron chi connectivity index (χ1n) is 8.24. The maximum absolute atomic E-state index is 12.3. The van der Waals surface area contributed by atoms with Crippen LogP contribution in [0.3, 0.4) is 0 Å².